The van der Waals surface area contributed by atoms with E-state index in [-0.39, 0.29) is 23.4 Å². The van der Waals surface area contributed by atoms with E-state index in [1.54, 1.807) is 0 Å². The first-order valence-corrected chi connectivity index (χ1v) is 14.4. The smallest absolute Gasteiger partial charge is 0.318 e. The van der Waals surface area contributed by atoms with Crippen LogP contribution in [-0.2, 0) is 29.5 Å². The lowest BCUT2D eigenvalue weighted by Gasteiger charge is -2.45. The van der Waals surface area contributed by atoms with Crippen molar-refractivity contribution in [1.82, 2.24) is 19.8 Å². The number of hydrogen-bond acceptors (Lipinski definition) is 6. The number of anilines is 1. The molecule has 4 atom stereocenters. The third-order valence-corrected chi connectivity index (χ3v) is 9.66. The van der Waals surface area contributed by atoms with Crippen LogP contribution in [-0.4, -0.2) is 77.1 Å². The number of likely N-dealkylation sites (N-methyl/N-ethyl adjacent to an activating group) is 1. The van der Waals surface area contributed by atoms with Crippen LogP contribution in [0.3, 0.4) is 0 Å². The predicted molar refractivity (Wildman–Crippen MR) is 150 cm³/mol. The molecule has 1 aromatic heterocycles. The first kappa shape index (κ1) is 25.4. The van der Waals surface area contributed by atoms with Gasteiger partial charge >= 0.3 is 6.01 Å². The maximum absolute atomic E-state index is 12.5. The van der Waals surface area contributed by atoms with Crippen molar-refractivity contribution < 1.29 is 9.53 Å². The first-order valence-electron chi connectivity index (χ1n) is 14.4. The molecule has 3 heterocycles. The molecule has 1 aromatic carbocycles. The molecule has 6 rings (SSSR count). The SMILES string of the molecule is C=CC(=O)N1CC(C)N(c2nc(OCC3CCCN3C)nc3c2CCC2(CCc4ccccc42)C3)CC1C. The molecule has 7 heteroatoms. The third kappa shape index (κ3) is 4.39. The summed E-state index contributed by atoms with van der Waals surface area (Å²) in [6.07, 6.45) is 9.16. The molecule has 0 bridgehead atoms. The number of carbonyl (C=O) groups excluding carboxylic acids is 1. The summed E-state index contributed by atoms with van der Waals surface area (Å²) in [6, 6.07) is 10.1. The number of carbonyl (C=O) groups is 1. The number of amides is 1. The van der Waals surface area contributed by atoms with Gasteiger partial charge in [0.2, 0.25) is 5.91 Å². The minimum atomic E-state index is 0.000243. The van der Waals surface area contributed by atoms with Crippen LogP contribution < -0.4 is 9.64 Å². The number of hydrogen-bond donors (Lipinski definition) is 0. The van der Waals surface area contributed by atoms with Gasteiger partial charge < -0.3 is 19.4 Å². The Labute approximate surface area is 226 Å². The molecule has 2 aromatic rings. The van der Waals surface area contributed by atoms with E-state index in [1.165, 1.54) is 35.6 Å². The van der Waals surface area contributed by atoms with Crippen LogP contribution >= 0.6 is 0 Å². The maximum atomic E-state index is 12.5. The van der Waals surface area contributed by atoms with Crippen molar-refractivity contribution in [2.45, 2.75) is 82.3 Å². The molecule has 2 aliphatic heterocycles. The molecule has 2 fully saturated rings. The zero-order valence-corrected chi connectivity index (χ0v) is 23.2. The van der Waals surface area contributed by atoms with E-state index in [0.29, 0.717) is 25.2 Å². The van der Waals surface area contributed by atoms with E-state index >= 15 is 0 Å². The van der Waals surface area contributed by atoms with Crippen molar-refractivity contribution in [2.75, 3.05) is 38.2 Å². The molecule has 4 aliphatic rings. The Morgan fingerprint density at radius 1 is 1.16 bits per heavy atom. The van der Waals surface area contributed by atoms with Crippen LogP contribution in [0.5, 0.6) is 6.01 Å². The Bertz CT molecular complexity index is 1230. The molecule has 4 unspecified atom stereocenters. The lowest BCUT2D eigenvalue weighted by atomic mass is 9.69. The number of aromatic nitrogens is 2. The molecule has 0 N–H and O–H groups in total. The first-order chi connectivity index (χ1) is 18.4. The molecule has 7 nitrogen and oxygen atoms in total. The van der Waals surface area contributed by atoms with Crippen molar-refractivity contribution in [1.29, 1.82) is 0 Å². The number of likely N-dealkylation sites (tertiary alicyclic amines) is 1. The lowest BCUT2D eigenvalue weighted by Crippen LogP contribution is -2.58. The quantitative estimate of drug-likeness (QED) is 0.563. The lowest BCUT2D eigenvalue weighted by molar-refractivity contribution is -0.128. The van der Waals surface area contributed by atoms with Crippen molar-refractivity contribution >= 4 is 11.7 Å². The fraction of sp³-hybridized carbons (Fsp3) is 0.581. The zero-order valence-electron chi connectivity index (χ0n) is 23.2. The minimum Gasteiger partial charge on any atom is -0.462 e. The molecule has 0 saturated carbocycles. The summed E-state index contributed by atoms with van der Waals surface area (Å²) in [5, 5.41) is 0. The van der Waals surface area contributed by atoms with E-state index in [2.05, 4.69) is 61.5 Å². The molecular weight excluding hydrogens is 474 g/mol. The number of fused-ring (bicyclic) bond motifs is 3. The van der Waals surface area contributed by atoms with Gasteiger partial charge in [0.05, 0.1) is 5.69 Å². The van der Waals surface area contributed by atoms with Crippen LogP contribution in [0.4, 0.5) is 5.82 Å². The number of nitrogens with zero attached hydrogens (tertiary/aromatic N) is 5. The van der Waals surface area contributed by atoms with E-state index in [1.807, 2.05) is 4.90 Å². The Balaban J connectivity index is 1.34. The van der Waals surface area contributed by atoms with Gasteiger partial charge in [0.15, 0.2) is 0 Å². The molecule has 202 valence electrons. The molecule has 1 amide bonds. The van der Waals surface area contributed by atoms with Crippen LogP contribution in [0, 0.1) is 0 Å². The summed E-state index contributed by atoms with van der Waals surface area (Å²) >= 11 is 0. The van der Waals surface area contributed by atoms with Gasteiger partial charge in [-0.2, -0.15) is 9.97 Å². The maximum Gasteiger partial charge on any atom is 0.318 e. The van der Waals surface area contributed by atoms with E-state index < -0.39 is 0 Å². The van der Waals surface area contributed by atoms with E-state index in [9.17, 15) is 4.79 Å². The summed E-state index contributed by atoms with van der Waals surface area (Å²) in [4.78, 5) is 29.4. The summed E-state index contributed by atoms with van der Waals surface area (Å²) in [7, 11) is 2.18. The Hall–Kier alpha value is -2.93. The summed E-state index contributed by atoms with van der Waals surface area (Å²) in [5.41, 5.74) is 5.59. The summed E-state index contributed by atoms with van der Waals surface area (Å²) in [6.45, 7) is 11.2. The number of ether oxygens (including phenoxy) is 1. The third-order valence-electron chi connectivity index (χ3n) is 9.66. The van der Waals surface area contributed by atoms with Crippen molar-refractivity contribution in [3.63, 3.8) is 0 Å². The second kappa shape index (κ2) is 9.99. The molecule has 1 spiro atoms. The second-order valence-electron chi connectivity index (χ2n) is 12.0. The fourth-order valence-electron chi connectivity index (χ4n) is 7.39. The second-order valence-corrected chi connectivity index (χ2v) is 12.0. The van der Waals surface area contributed by atoms with Gasteiger partial charge in [0.1, 0.15) is 12.4 Å². The van der Waals surface area contributed by atoms with Crippen molar-refractivity contribution in [3.05, 3.63) is 59.3 Å². The van der Waals surface area contributed by atoms with Crippen molar-refractivity contribution in [3.8, 4) is 6.01 Å². The van der Waals surface area contributed by atoms with Crippen LogP contribution in [0.15, 0.2) is 36.9 Å². The number of benzene rings is 1. The highest BCUT2D eigenvalue weighted by atomic mass is 16.5. The fourth-order valence-corrected chi connectivity index (χ4v) is 7.39. The average Bonchev–Trinajstić information content (AvgIpc) is 3.50. The van der Waals surface area contributed by atoms with Gasteiger partial charge in [-0.05, 0) is 89.6 Å². The van der Waals surface area contributed by atoms with Gasteiger partial charge in [-0.25, -0.2) is 0 Å². The molecule has 2 aliphatic carbocycles. The van der Waals surface area contributed by atoms with Gasteiger partial charge in [-0.3, -0.25) is 4.79 Å². The Kier molecular flexibility index (Phi) is 6.67. The van der Waals surface area contributed by atoms with Crippen LogP contribution in [0.1, 0.15) is 61.9 Å². The molecule has 2 saturated heterocycles. The normalized spacial score (nSPS) is 28.9. The number of aryl methyl sites for hydroxylation is 1. The van der Waals surface area contributed by atoms with Crippen LogP contribution in [0.2, 0.25) is 0 Å². The minimum absolute atomic E-state index is 0.000243. The monoisotopic (exact) mass is 515 g/mol. The van der Waals surface area contributed by atoms with E-state index in [0.717, 1.165) is 56.7 Å². The highest BCUT2D eigenvalue weighted by molar-refractivity contribution is 5.87. The molecular formula is C31H41N5O2. The standard InChI is InChI=1S/C31H41N5O2/c1-5-28(37)35-18-22(3)36(19-21(35)2)29-25-13-15-31(14-12-23-9-6-7-11-26(23)31)17-27(25)32-30(33-29)38-20-24-10-8-16-34(24)4/h5-7,9,11,21-22,24H,1,8,10,12-20H2,2-4H3. The average molecular weight is 516 g/mol. The van der Waals surface area contributed by atoms with Gasteiger partial charge in [-0.1, -0.05) is 30.8 Å². The summed E-state index contributed by atoms with van der Waals surface area (Å²) < 4.78 is 6.35. The number of piperazine rings is 1. The van der Waals surface area contributed by atoms with Crippen molar-refractivity contribution in [2.24, 2.45) is 0 Å². The highest BCUT2D eigenvalue weighted by Gasteiger charge is 2.43. The van der Waals surface area contributed by atoms with Gasteiger partial charge in [-0.15, -0.1) is 0 Å². The molecule has 38 heavy (non-hydrogen) atoms. The Morgan fingerprint density at radius 3 is 2.76 bits per heavy atom. The highest BCUT2D eigenvalue weighted by Crippen LogP contribution is 2.48. The summed E-state index contributed by atoms with van der Waals surface area (Å²) in [5.74, 6) is 1.01. The predicted octanol–water partition coefficient (Wildman–Crippen LogP) is 3.93. The zero-order chi connectivity index (χ0) is 26.4. The van der Waals surface area contributed by atoms with E-state index in [4.69, 9.17) is 14.7 Å². The van der Waals surface area contributed by atoms with Crippen LogP contribution in [0.25, 0.3) is 0 Å². The topological polar surface area (TPSA) is 61.8 Å². The Morgan fingerprint density at radius 2 is 1.97 bits per heavy atom. The molecule has 0 radical (unpaired) electrons. The van der Waals surface area contributed by atoms with Gasteiger partial charge in [0.25, 0.3) is 0 Å². The number of rotatable bonds is 5. The van der Waals surface area contributed by atoms with Gasteiger partial charge in [0, 0.05) is 42.2 Å². The largest absolute Gasteiger partial charge is 0.462 e.